The van der Waals surface area contributed by atoms with Crippen LogP contribution < -0.4 is 5.32 Å². The molecule has 1 N–H and O–H groups in total. The summed E-state index contributed by atoms with van der Waals surface area (Å²) in [5, 5.41) is 3.52. The van der Waals surface area contributed by atoms with Crippen molar-refractivity contribution in [1.82, 2.24) is 10.2 Å². The van der Waals surface area contributed by atoms with Crippen LogP contribution in [0.15, 0.2) is 0 Å². The van der Waals surface area contributed by atoms with E-state index in [0.29, 0.717) is 12.1 Å². The molecule has 96 valence electrons. The van der Waals surface area contributed by atoms with Gasteiger partial charge in [0.1, 0.15) is 0 Å². The van der Waals surface area contributed by atoms with Gasteiger partial charge in [0.05, 0.1) is 0 Å². The van der Waals surface area contributed by atoms with Crippen LogP contribution in [0.5, 0.6) is 0 Å². The molecular formula is C12H25ClN2O. The summed E-state index contributed by atoms with van der Waals surface area (Å²) < 4.78 is 5.41. The second-order valence-corrected chi connectivity index (χ2v) is 5.17. The average molecular weight is 249 g/mol. The van der Waals surface area contributed by atoms with Crippen LogP contribution in [-0.4, -0.2) is 49.8 Å². The van der Waals surface area contributed by atoms with Crippen molar-refractivity contribution in [3.8, 4) is 0 Å². The second-order valence-electron chi connectivity index (χ2n) is 5.17. The van der Waals surface area contributed by atoms with E-state index in [1.165, 1.54) is 25.9 Å². The quantitative estimate of drug-likeness (QED) is 0.820. The molecule has 3 nitrogen and oxygen atoms in total. The minimum atomic E-state index is 0. The number of nitrogens with zero attached hydrogens (tertiary/aromatic N) is 1. The first kappa shape index (κ1) is 14.2. The highest BCUT2D eigenvalue weighted by Gasteiger charge is 2.23. The lowest BCUT2D eigenvalue weighted by molar-refractivity contribution is 0.132. The molecule has 0 aromatic rings. The number of piperazine rings is 1. The summed E-state index contributed by atoms with van der Waals surface area (Å²) in [5.41, 5.74) is 0. The van der Waals surface area contributed by atoms with E-state index in [1.807, 2.05) is 0 Å². The van der Waals surface area contributed by atoms with E-state index < -0.39 is 0 Å². The molecule has 16 heavy (non-hydrogen) atoms. The summed E-state index contributed by atoms with van der Waals surface area (Å²) in [7, 11) is 0. The molecule has 2 aliphatic heterocycles. The van der Waals surface area contributed by atoms with Crippen molar-refractivity contribution in [3.05, 3.63) is 0 Å². The maximum absolute atomic E-state index is 5.41. The van der Waals surface area contributed by atoms with Crippen LogP contribution in [-0.2, 0) is 4.74 Å². The Morgan fingerprint density at radius 3 is 2.88 bits per heavy atom. The third-order valence-electron chi connectivity index (χ3n) is 3.74. The summed E-state index contributed by atoms with van der Waals surface area (Å²) in [5.74, 6) is 0.822. The van der Waals surface area contributed by atoms with Crippen molar-refractivity contribution in [3.63, 3.8) is 0 Å². The molecule has 2 aliphatic rings. The summed E-state index contributed by atoms with van der Waals surface area (Å²) in [6.45, 7) is 10.2. The Kier molecular flexibility index (Phi) is 6.05. The lowest BCUT2D eigenvalue weighted by atomic mass is 10.0. The number of halogens is 1. The number of ether oxygens (including phenoxy) is 1. The Bertz CT molecular complexity index is 197. The molecule has 3 atom stereocenters. The van der Waals surface area contributed by atoms with Gasteiger partial charge in [-0.2, -0.15) is 0 Å². The highest BCUT2D eigenvalue weighted by molar-refractivity contribution is 5.85. The lowest BCUT2D eigenvalue weighted by Gasteiger charge is -2.37. The molecule has 0 aromatic heterocycles. The Hall–Kier alpha value is 0.170. The van der Waals surface area contributed by atoms with Crippen LogP contribution in [0.1, 0.15) is 26.7 Å². The molecule has 3 unspecified atom stereocenters. The topological polar surface area (TPSA) is 24.5 Å². The zero-order chi connectivity index (χ0) is 10.7. The van der Waals surface area contributed by atoms with Crippen molar-refractivity contribution in [2.45, 2.75) is 38.8 Å². The maximum atomic E-state index is 5.41. The smallest absolute Gasteiger partial charge is 0.0495 e. The first-order chi connectivity index (χ1) is 7.25. The van der Waals surface area contributed by atoms with Crippen molar-refractivity contribution in [1.29, 1.82) is 0 Å². The molecule has 0 saturated carbocycles. The molecule has 2 fully saturated rings. The normalized spacial score (nSPS) is 36.0. The Morgan fingerprint density at radius 1 is 1.38 bits per heavy atom. The minimum absolute atomic E-state index is 0. The van der Waals surface area contributed by atoms with Crippen molar-refractivity contribution < 1.29 is 4.74 Å². The third kappa shape index (κ3) is 3.88. The molecule has 2 saturated heterocycles. The van der Waals surface area contributed by atoms with E-state index in [0.717, 1.165) is 25.7 Å². The summed E-state index contributed by atoms with van der Waals surface area (Å²) >= 11 is 0. The monoisotopic (exact) mass is 248 g/mol. The van der Waals surface area contributed by atoms with E-state index in [2.05, 4.69) is 24.1 Å². The van der Waals surface area contributed by atoms with E-state index in [4.69, 9.17) is 4.74 Å². The zero-order valence-electron chi connectivity index (χ0n) is 10.4. The SMILES string of the molecule is CC1CN(CCC2CCOC2)C(C)CN1.Cl. The first-order valence-corrected chi connectivity index (χ1v) is 6.31. The van der Waals surface area contributed by atoms with Gasteiger partial charge in [-0.05, 0) is 39.2 Å². The molecule has 2 heterocycles. The van der Waals surface area contributed by atoms with E-state index in [9.17, 15) is 0 Å². The predicted molar refractivity (Wildman–Crippen MR) is 69.3 cm³/mol. The first-order valence-electron chi connectivity index (χ1n) is 6.31. The van der Waals surface area contributed by atoms with Gasteiger partial charge in [0.15, 0.2) is 0 Å². The largest absolute Gasteiger partial charge is 0.381 e. The van der Waals surface area contributed by atoms with Crippen LogP contribution >= 0.6 is 12.4 Å². The molecule has 0 radical (unpaired) electrons. The standard InChI is InChI=1S/C12H24N2O.ClH/c1-10-8-14(11(2)7-13-10)5-3-12-4-6-15-9-12;/h10-13H,3-9H2,1-2H3;1H. The average Bonchev–Trinajstić information content (AvgIpc) is 2.72. The van der Waals surface area contributed by atoms with Gasteiger partial charge >= 0.3 is 0 Å². The van der Waals surface area contributed by atoms with Gasteiger partial charge in [-0.3, -0.25) is 4.90 Å². The zero-order valence-corrected chi connectivity index (χ0v) is 11.3. The highest BCUT2D eigenvalue weighted by Crippen LogP contribution is 2.18. The maximum Gasteiger partial charge on any atom is 0.0495 e. The minimum Gasteiger partial charge on any atom is -0.381 e. The number of rotatable bonds is 3. The van der Waals surface area contributed by atoms with E-state index in [1.54, 1.807) is 0 Å². The molecule has 0 aromatic carbocycles. The molecular weight excluding hydrogens is 224 g/mol. The van der Waals surface area contributed by atoms with Crippen LogP contribution in [0.3, 0.4) is 0 Å². The highest BCUT2D eigenvalue weighted by atomic mass is 35.5. The van der Waals surface area contributed by atoms with Crippen molar-refractivity contribution in [2.24, 2.45) is 5.92 Å². The second kappa shape index (κ2) is 6.80. The molecule has 4 heteroatoms. The van der Waals surface area contributed by atoms with Crippen molar-refractivity contribution >= 4 is 12.4 Å². The Labute approximate surface area is 105 Å². The van der Waals surface area contributed by atoms with Gasteiger partial charge in [-0.25, -0.2) is 0 Å². The van der Waals surface area contributed by atoms with Crippen LogP contribution in [0, 0.1) is 5.92 Å². The van der Waals surface area contributed by atoms with Gasteiger partial charge in [0, 0.05) is 38.4 Å². The molecule has 0 bridgehead atoms. The van der Waals surface area contributed by atoms with Crippen LogP contribution in [0.4, 0.5) is 0 Å². The summed E-state index contributed by atoms with van der Waals surface area (Å²) in [6, 6.07) is 1.35. The molecule has 0 amide bonds. The number of hydrogen-bond donors (Lipinski definition) is 1. The van der Waals surface area contributed by atoms with Gasteiger partial charge in [-0.1, -0.05) is 0 Å². The van der Waals surface area contributed by atoms with Gasteiger partial charge in [0.25, 0.3) is 0 Å². The number of nitrogens with one attached hydrogen (secondary N) is 1. The van der Waals surface area contributed by atoms with Crippen molar-refractivity contribution in [2.75, 3.05) is 32.8 Å². The van der Waals surface area contributed by atoms with Crippen LogP contribution in [0.2, 0.25) is 0 Å². The van der Waals surface area contributed by atoms with Gasteiger partial charge in [-0.15, -0.1) is 12.4 Å². The van der Waals surface area contributed by atoms with Gasteiger partial charge in [0.2, 0.25) is 0 Å². The summed E-state index contributed by atoms with van der Waals surface area (Å²) in [6.07, 6.45) is 2.59. The fraction of sp³-hybridized carbons (Fsp3) is 1.00. The molecule has 2 rings (SSSR count). The predicted octanol–water partition coefficient (Wildman–Crippen LogP) is 1.52. The fourth-order valence-corrected chi connectivity index (χ4v) is 2.57. The van der Waals surface area contributed by atoms with E-state index in [-0.39, 0.29) is 12.4 Å². The van der Waals surface area contributed by atoms with Gasteiger partial charge < -0.3 is 10.1 Å². The fourth-order valence-electron chi connectivity index (χ4n) is 2.57. The molecule has 0 spiro atoms. The van der Waals surface area contributed by atoms with E-state index >= 15 is 0 Å². The Morgan fingerprint density at radius 2 is 2.19 bits per heavy atom. The molecule has 0 aliphatic carbocycles. The summed E-state index contributed by atoms with van der Waals surface area (Å²) in [4.78, 5) is 2.62. The Balaban J connectivity index is 0.00000128. The third-order valence-corrected chi connectivity index (χ3v) is 3.74. The number of hydrogen-bond acceptors (Lipinski definition) is 3. The van der Waals surface area contributed by atoms with Crippen LogP contribution in [0.25, 0.3) is 0 Å². The lowest BCUT2D eigenvalue weighted by Crippen LogP contribution is -2.54.